The maximum atomic E-state index is 13.2. The van der Waals surface area contributed by atoms with Crippen molar-refractivity contribution in [3.63, 3.8) is 0 Å². The zero-order chi connectivity index (χ0) is 18.1. The van der Waals surface area contributed by atoms with Gasteiger partial charge in [-0.2, -0.15) is 0 Å². The number of rotatable bonds is 4. The smallest absolute Gasteiger partial charge is 0.278 e. The Hall–Kier alpha value is -2.47. The van der Waals surface area contributed by atoms with E-state index in [1.165, 1.54) is 22.7 Å². The van der Waals surface area contributed by atoms with Gasteiger partial charge >= 0.3 is 0 Å². The van der Waals surface area contributed by atoms with Crippen molar-refractivity contribution in [2.24, 2.45) is 5.92 Å². The number of hydrogen-bond donors (Lipinski definition) is 0. The van der Waals surface area contributed by atoms with Gasteiger partial charge in [-0.15, -0.1) is 11.3 Å². The number of likely N-dealkylation sites (tertiary alicyclic amines) is 1. The minimum absolute atomic E-state index is 0.184. The van der Waals surface area contributed by atoms with E-state index in [4.69, 9.17) is 0 Å². The third-order valence-electron chi connectivity index (χ3n) is 4.95. The maximum Gasteiger partial charge on any atom is 0.278 e. The number of carbonyl (C=O) groups is 2. The van der Waals surface area contributed by atoms with Gasteiger partial charge in [0.05, 0.1) is 12.1 Å². The van der Waals surface area contributed by atoms with Crippen molar-refractivity contribution < 1.29 is 9.59 Å². The molecule has 0 radical (unpaired) electrons. The first-order valence-electron chi connectivity index (χ1n) is 8.93. The van der Waals surface area contributed by atoms with E-state index in [0.29, 0.717) is 17.2 Å². The summed E-state index contributed by atoms with van der Waals surface area (Å²) in [6.07, 6.45) is 5.60. The highest BCUT2D eigenvalue weighted by atomic mass is 32.1. The highest BCUT2D eigenvalue weighted by Gasteiger charge is 2.42. The van der Waals surface area contributed by atoms with Gasteiger partial charge in [0.15, 0.2) is 0 Å². The molecule has 2 aromatic rings. The van der Waals surface area contributed by atoms with E-state index < -0.39 is 0 Å². The number of piperidine rings is 1. The topological polar surface area (TPSA) is 53.5 Å². The van der Waals surface area contributed by atoms with Gasteiger partial charge in [-0.1, -0.05) is 19.1 Å². The Bertz CT molecular complexity index is 845. The van der Waals surface area contributed by atoms with Gasteiger partial charge in [0.2, 0.25) is 0 Å². The van der Waals surface area contributed by atoms with E-state index in [2.05, 4.69) is 16.8 Å². The van der Waals surface area contributed by atoms with Crippen LogP contribution in [0.1, 0.15) is 30.2 Å². The number of hydrogen-bond acceptors (Lipinski definition) is 5. The highest BCUT2D eigenvalue weighted by Crippen LogP contribution is 2.36. The number of nitrogens with zero attached hydrogens (tertiary/aromatic N) is 3. The van der Waals surface area contributed by atoms with Crippen LogP contribution in [0.3, 0.4) is 0 Å². The lowest BCUT2D eigenvalue weighted by Gasteiger charge is -2.33. The molecule has 1 saturated heterocycles. The predicted octanol–water partition coefficient (Wildman–Crippen LogP) is 3.16. The molecule has 0 spiro atoms. The fourth-order valence-electron chi connectivity index (χ4n) is 3.71. The average molecular weight is 367 g/mol. The van der Waals surface area contributed by atoms with E-state index in [1.54, 1.807) is 12.4 Å². The van der Waals surface area contributed by atoms with Crippen molar-refractivity contribution in [3.05, 3.63) is 58.2 Å². The molecule has 1 atom stereocenters. The first kappa shape index (κ1) is 17.0. The lowest BCUT2D eigenvalue weighted by molar-refractivity contribution is -0.138. The molecule has 0 aromatic carbocycles. The SMILES string of the molecule is CC1CCCN(C2=C(c3cccs3)C(=O)N(Cc3cccnc3)C2=O)C1. The lowest BCUT2D eigenvalue weighted by atomic mass is 9.99. The Balaban J connectivity index is 1.71. The molecule has 1 fully saturated rings. The van der Waals surface area contributed by atoms with E-state index in [9.17, 15) is 9.59 Å². The van der Waals surface area contributed by atoms with Gasteiger partial charge in [0.25, 0.3) is 11.8 Å². The molecule has 134 valence electrons. The van der Waals surface area contributed by atoms with Crippen molar-refractivity contribution in [2.45, 2.75) is 26.3 Å². The fraction of sp³-hybridized carbons (Fsp3) is 0.350. The van der Waals surface area contributed by atoms with Gasteiger partial charge < -0.3 is 4.90 Å². The van der Waals surface area contributed by atoms with Crippen molar-refractivity contribution in [1.29, 1.82) is 0 Å². The quantitative estimate of drug-likeness (QED) is 0.779. The minimum Gasteiger partial charge on any atom is -0.366 e. The molecule has 6 heteroatoms. The van der Waals surface area contributed by atoms with Crippen LogP contribution in [-0.2, 0) is 16.1 Å². The molecule has 5 nitrogen and oxygen atoms in total. The minimum atomic E-state index is -0.200. The molecule has 0 saturated carbocycles. The summed E-state index contributed by atoms with van der Waals surface area (Å²) in [5.74, 6) is 0.141. The van der Waals surface area contributed by atoms with Gasteiger partial charge in [0, 0.05) is 30.4 Å². The second-order valence-electron chi connectivity index (χ2n) is 6.95. The molecular formula is C20H21N3O2S. The summed E-state index contributed by atoms with van der Waals surface area (Å²) in [5, 5.41) is 1.94. The number of aromatic nitrogens is 1. The van der Waals surface area contributed by atoms with Crippen LogP contribution >= 0.6 is 11.3 Å². The number of thiophene rings is 1. The summed E-state index contributed by atoms with van der Waals surface area (Å²) in [5.41, 5.74) is 1.99. The number of carbonyl (C=O) groups excluding carboxylic acids is 2. The lowest BCUT2D eigenvalue weighted by Crippen LogP contribution is -2.39. The van der Waals surface area contributed by atoms with Crippen LogP contribution in [0.5, 0.6) is 0 Å². The molecule has 0 aliphatic carbocycles. The number of amides is 2. The molecule has 4 rings (SSSR count). The molecule has 26 heavy (non-hydrogen) atoms. The van der Waals surface area contributed by atoms with Gasteiger partial charge in [-0.3, -0.25) is 19.5 Å². The molecule has 4 heterocycles. The Morgan fingerprint density at radius 2 is 2.12 bits per heavy atom. The predicted molar refractivity (Wildman–Crippen MR) is 101 cm³/mol. The summed E-state index contributed by atoms with van der Waals surface area (Å²) in [6, 6.07) is 7.55. The van der Waals surface area contributed by atoms with Gasteiger partial charge in [0.1, 0.15) is 5.70 Å². The summed E-state index contributed by atoms with van der Waals surface area (Å²) in [7, 11) is 0. The molecule has 2 amide bonds. The van der Waals surface area contributed by atoms with Crippen LogP contribution in [0.4, 0.5) is 0 Å². The number of pyridine rings is 1. The second kappa shape index (κ2) is 7.03. The van der Waals surface area contributed by atoms with Crippen LogP contribution in [0.25, 0.3) is 5.57 Å². The van der Waals surface area contributed by atoms with E-state index in [1.807, 2.05) is 29.6 Å². The van der Waals surface area contributed by atoms with Gasteiger partial charge in [-0.05, 0) is 41.8 Å². The molecule has 2 aromatic heterocycles. The largest absolute Gasteiger partial charge is 0.366 e. The van der Waals surface area contributed by atoms with Crippen molar-refractivity contribution in [2.75, 3.05) is 13.1 Å². The van der Waals surface area contributed by atoms with Crippen molar-refractivity contribution in [3.8, 4) is 0 Å². The fourth-order valence-corrected chi connectivity index (χ4v) is 4.47. The number of imide groups is 1. The standard InChI is InChI=1S/C20H21N3O2S/c1-14-5-3-9-22(12-14)18-17(16-7-4-10-26-16)19(24)23(20(18)25)13-15-6-2-8-21-11-15/h2,4,6-8,10-11,14H,3,5,9,12-13H2,1H3. The Morgan fingerprint density at radius 1 is 1.23 bits per heavy atom. The van der Waals surface area contributed by atoms with Gasteiger partial charge in [-0.25, -0.2) is 0 Å². The molecule has 0 N–H and O–H groups in total. The highest BCUT2D eigenvalue weighted by molar-refractivity contribution is 7.11. The Labute approximate surface area is 157 Å². The molecule has 2 aliphatic heterocycles. The maximum absolute atomic E-state index is 13.2. The summed E-state index contributed by atoms with van der Waals surface area (Å²) >= 11 is 1.51. The normalized spacial score (nSPS) is 21.0. The van der Waals surface area contributed by atoms with E-state index in [0.717, 1.165) is 30.0 Å². The third kappa shape index (κ3) is 3.05. The van der Waals surface area contributed by atoms with Crippen molar-refractivity contribution >= 4 is 28.7 Å². The summed E-state index contributed by atoms with van der Waals surface area (Å²) in [6.45, 7) is 4.11. The first-order chi connectivity index (χ1) is 12.6. The monoisotopic (exact) mass is 367 g/mol. The van der Waals surface area contributed by atoms with E-state index >= 15 is 0 Å². The zero-order valence-electron chi connectivity index (χ0n) is 14.7. The summed E-state index contributed by atoms with van der Waals surface area (Å²) in [4.78, 5) is 34.8. The molecule has 0 bridgehead atoms. The first-order valence-corrected chi connectivity index (χ1v) is 9.81. The van der Waals surface area contributed by atoms with Crippen LogP contribution in [-0.4, -0.2) is 39.7 Å². The Kier molecular flexibility index (Phi) is 4.59. The van der Waals surface area contributed by atoms with E-state index in [-0.39, 0.29) is 18.4 Å². The van der Waals surface area contributed by atoms with Crippen LogP contribution in [0.2, 0.25) is 0 Å². The zero-order valence-corrected chi connectivity index (χ0v) is 15.5. The van der Waals surface area contributed by atoms with Crippen molar-refractivity contribution in [1.82, 2.24) is 14.8 Å². The molecule has 1 unspecified atom stereocenters. The molecular weight excluding hydrogens is 346 g/mol. The van der Waals surface area contributed by atoms with Crippen LogP contribution in [0.15, 0.2) is 47.7 Å². The second-order valence-corrected chi connectivity index (χ2v) is 7.90. The molecule has 2 aliphatic rings. The summed E-state index contributed by atoms with van der Waals surface area (Å²) < 4.78 is 0. The Morgan fingerprint density at radius 3 is 2.81 bits per heavy atom. The third-order valence-corrected chi connectivity index (χ3v) is 5.84. The van der Waals surface area contributed by atoms with Crippen LogP contribution < -0.4 is 0 Å². The van der Waals surface area contributed by atoms with Crippen LogP contribution in [0, 0.1) is 5.92 Å². The average Bonchev–Trinajstić information content (AvgIpc) is 3.25.